The molecule has 2 N–H and O–H groups in total. The molecule has 16 heavy (non-hydrogen) atoms. The second-order valence-corrected chi connectivity index (χ2v) is 4.00. The van der Waals surface area contributed by atoms with E-state index in [1.807, 2.05) is 0 Å². The zero-order chi connectivity index (χ0) is 11.4. The first-order valence-corrected chi connectivity index (χ1v) is 5.73. The standard InChI is InChI=1S/C9H13ClN4O2/c10-4-3-8-13-14-9(16-8)11-5-6-1-2-7(15)12-6/h6H,1-5H2,(H,11,14)(H,12,15). The molecule has 0 bridgehead atoms. The van der Waals surface area contributed by atoms with Crippen LogP contribution in [0.2, 0.25) is 0 Å². The number of alkyl halides is 1. The summed E-state index contributed by atoms with van der Waals surface area (Å²) in [6, 6.07) is 0.525. The van der Waals surface area contributed by atoms with Crippen molar-refractivity contribution in [2.75, 3.05) is 17.7 Å². The smallest absolute Gasteiger partial charge is 0.315 e. The molecule has 88 valence electrons. The number of hydrogen-bond acceptors (Lipinski definition) is 5. The van der Waals surface area contributed by atoms with Crippen molar-refractivity contribution >= 4 is 23.5 Å². The molecule has 0 spiro atoms. The monoisotopic (exact) mass is 244 g/mol. The number of rotatable bonds is 5. The van der Waals surface area contributed by atoms with Gasteiger partial charge in [0.15, 0.2) is 0 Å². The normalized spacial score (nSPS) is 19.8. The number of anilines is 1. The van der Waals surface area contributed by atoms with Crippen LogP contribution in [0.15, 0.2) is 4.42 Å². The van der Waals surface area contributed by atoms with Gasteiger partial charge in [-0.3, -0.25) is 4.79 Å². The third-order valence-electron chi connectivity index (χ3n) is 2.36. The minimum Gasteiger partial charge on any atom is -0.408 e. The second-order valence-electron chi connectivity index (χ2n) is 3.62. The van der Waals surface area contributed by atoms with E-state index in [1.54, 1.807) is 0 Å². The summed E-state index contributed by atoms with van der Waals surface area (Å²) in [6.07, 6.45) is 2.00. The maximum absolute atomic E-state index is 10.9. The zero-order valence-corrected chi connectivity index (χ0v) is 9.46. The van der Waals surface area contributed by atoms with Crippen molar-refractivity contribution in [2.45, 2.75) is 25.3 Å². The Bertz CT molecular complexity index is 368. The molecule has 1 saturated heterocycles. The van der Waals surface area contributed by atoms with E-state index in [9.17, 15) is 4.79 Å². The summed E-state index contributed by atoms with van der Waals surface area (Å²) in [5.74, 6) is 1.08. The summed E-state index contributed by atoms with van der Waals surface area (Å²) < 4.78 is 5.28. The number of nitrogens with zero attached hydrogens (tertiary/aromatic N) is 2. The summed E-state index contributed by atoms with van der Waals surface area (Å²) in [6.45, 7) is 0.605. The van der Waals surface area contributed by atoms with E-state index in [-0.39, 0.29) is 11.9 Å². The molecule has 2 heterocycles. The molecule has 1 aromatic rings. The zero-order valence-electron chi connectivity index (χ0n) is 8.70. The number of amides is 1. The van der Waals surface area contributed by atoms with Gasteiger partial charge in [-0.1, -0.05) is 5.10 Å². The van der Waals surface area contributed by atoms with Crippen LogP contribution in [0.5, 0.6) is 0 Å². The average molecular weight is 245 g/mol. The van der Waals surface area contributed by atoms with Gasteiger partial charge in [0.25, 0.3) is 0 Å². The summed E-state index contributed by atoms with van der Waals surface area (Å²) in [7, 11) is 0. The van der Waals surface area contributed by atoms with Gasteiger partial charge in [-0.05, 0) is 6.42 Å². The van der Waals surface area contributed by atoms with E-state index in [2.05, 4.69) is 20.8 Å². The van der Waals surface area contributed by atoms with Crippen molar-refractivity contribution in [1.29, 1.82) is 0 Å². The lowest BCUT2D eigenvalue weighted by Crippen LogP contribution is -2.31. The van der Waals surface area contributed by atoms with Crippen molar-refractivity contribution in [3.63, 3.8) is 0 Å². The molecule has 1 amide bonds. The molecule has 7 heteroatoms. The van der Waals surface area contributed by atoms with Crippen LogP contribution in [0.4, 0.5) is 6.01 Å². The number of aryl methyl sites for hydroxylation is 1. The van der Waals surface area contributed by atoms with Crippen molar-refractivity contribution in [3.8, 4) is 0 Å². The number of hydrogen-bond donors (Lipinski definition) is 2. The molecule has 0 radical (unpaired) electrons. The Morgan fingerprint density at radius 3 is 3.12 bits per heavy atom. The Kier molecular flexibility index (Phi) is 3.61. The highest BCUT2D eigenvalue weighted by Gasteiger charge is 2.20. The topological polar surface area (TPSA) is 80.1 Å². The van der Waals surface area contributed by atoms with Crippen LogP contribution in [0.3, 0.4) is 0 Å². The Morgan fingerprint density at radius 1 is 1.56 bits per heavy atom. The molecule has 1 atom stereocenters. The highest BCUT2D eigenvalue weighted by molar-refractivity contribution is 6.17. The van der Waals surface area contributed by atoms with Gasteiger partial charge >= 0.3 is 6.01 Å². The first-order chi connectivity index (χ1) is 7.78. The first-order valence-electron chi connectivity index (χ1n) is 5.19. The third-order valence-corrected chi connectivity index (χ3v) is 2.55. The number of carbonyl (C=O) groups is 1. The quantitative estimate of drug-likeness (QED) is 0.739. The summed E-state index contributed by atoms with van der Waals surface area (Å²) in [5.41, 5.74) is 0. The van der Waals surface area contributed by atoms with Gasteiger partial charge in [-0.2, -0.15) is 0 Å². The van der Waals surface area contributed by atoms with Crippen LogP contribution in [0.25, 0.3) is 0 Å². The van der Waals surface area contributed by atoms with Crippen LogP contribution < -0.4 is 10.6 Å². The fraction of sp³-hybridized carbons (Fsp3) is 0.667. The van der Waals surface area contributed by atoms with E-state index in [4.69, 9.17) is 16.0 Å². The molecule has 1 aliphatic heterocycles. The molecule has 1 fully saturated rings. The summed E-state index contributed by atoms with van der Waals surface area (Å²) >= 11 is 5.55. The molecule has 0 aromatic carbocycles. The largest absolute Gasteiger partial charge is 0.408 e. The Balaban J connectivity index is 1.78. The number of halogens is 1. The van der Waals surface area contributed by atoms with Crippen LogP contribution in [-0.4, -0.2) is 34.6 Å². The van der Waals surface area contributed by atoms with Crippen molar-refractivity contribution in [3.05, 3.63) is 5.89 Å². The molecular formula is C9H13ClN4O2. The van der Waals surface area contributed by atoms with Crippen LogP contribution in [0, 0.1) is 0 Å². The SMILES string of the molecule is O=C1CCC(CNc2nnc(CCCl)o2)N1. The van der Waals surface area contributed by atoms with Gasteiger partial charge in [0.2, 0.25) is 11.8 Å². The Hall–Kier alpha value is -1.30. The molecule has 2 rings (SSSR count). The maximum atomic E-state index is 10.9. The number of aromatic nitrogens is 2. The molecule has 0 aliphatic carbocycles. The molecular weight excluding hydrogens is 232 g/mol. The minimum absolute atomic E-state index is 0.0974. The molecule has 6 nitrogen and oxygen atoms in total. The van der Waals surface area contributed by atoms with Crippen LogP contribution in [-0.2, 0) is 11.2 Å². The predicted octanol–water partition coefficient (Wildman–Crippen LogP) is 0.541. The third kappa shape index (κ3) is 2.85. The van der Waals surface area contributed by atoms with E-state index in [0.717, 1.165) is 6.42 Å². The first kappa shape index (κ1) is 11.2. The fourth-order valence-corrected chi connectivity index (χ4v) is 1.71. The van der Waals surface area contributed by atoms with E-state index in [1.165, 1.54) is 0 Å². The summed E-state index contributed by atoms with van der Waals surface area (Å²) in [4.78, 5) is 10.9. The number of nitrogens with one attached hydrogen (secondary N) is 2. The number of carbonyl (C=O) groups excluding carboxylic acids is 1. The fourth-order valence-electron chi connectivity index (χ4n) is 1.55. The molecule has 0 saturated carbocycles. The lowest BCUT2D eigenvalue weighted by Gasteiger charge is -2.08. The van der Waals surface area contributed by atoms with Crippen molar-refractivity contribution < 1.29 is 9.21 Å². The minimum atomic E-state index is 0.0974. The highest BCUT2D eigenvalue weighted by Crippen LogP contribution is 2.10. The van der Waals surface area contributed by atoms with Crippen LogP contribution >= 0.6 is 11.6 Å². The maximum Gasteiger partial charge on any atom is 0.315 e. The van der Waals surface area contributed by atoms with E-state index < -0.39 is 0 Å². The van der Waals surface area contributed by atoms with Gasteiger partial charge in [-0.25, -0.2) is 0 Å². The van der Waals surface area contributed by atoms with Gasteiger partial charge in [0.1, 0.15) is 0 Å². The van der Waals surface area contributed by atoms with E-state index in [0.29, 0.717) is 37.2 Å². The van der Waals surface area contributed by atoms with Gasteiger partial charge < -0.3 is 15.1 Å². The van der Waals surface area contributed by atoms with Gasteiger partial charge in [0, 0.05) is 31.3 Å². The molecule has 1 aliphatic rings. The van der Waals surface area contributed by atoms with Crippen LogP contribution in [0.1, 0.15) is 18.7 Å². The Morgan fingerprint density at radius 2 is 2.44 bits per heavy atom. The average Bonchev–Trinajstić information content (AvgIpc) is 2.85. The molecule has 1 aromatic heterocycles. The van der Waals surface area contributed by atoms with Gasteiger partial charge in [-0.15, -0.1) is 16.7 Å². The Labute approximate surface area is 97.7 Å². The van der Waals surface area contributed by atoms with Gasteiger partial charge in [0.05, 0.1) is 0 Å². The van der Waals surface area contributed by atoms with Crippen molar-refractivity contribution in [1.82, 2.24) is 15.5 Å². The lowest BCUT2D eigenvalue weighted by molar-refractivity contribution is -0.119. The molecule has 1 unspecified atom stereocenters. The predicted molar refractivity (Wildman–Crippen MR) is 58.4 cm³/mol. The highest BCUT2D eigenvalue weighted by atomic mass is 35.5. The lowest BCUT2D eigenvalue weighted by atomic mass is 10.2. The second kappa shape index (κ2) is 5.16. The van der Waals surface area contributed by atoms with Crippen molar-refractivity contribution in [2.24, 2.45) is 0 Å². The van der Waals surface area contributed by atoms with E-state index >= 15 is 0 Å². The summed E-state index contributed by atoms with van der Waals surface area (Å²) in [5, 5.41) is 13.5.